The number of hydrogen-bond acceptors (Lipinski definition) is 3. The Morgan fingerprint density at radius 1 is 1.44 bits per heavy atom. The zero-order valence-electron chi connectivity index (χ0n) is 9.03. The number of nitrogens with zero attached hydrogens (tertiary/aromatic N) is 1. The highest BCUT2D eigenvalue weighted by molar-refractivity contribution is 5.59. The van der Waals surface area contributed by atoms with Crippen LogP contribution in [0.3, 0.4) is 0 Å². The number of oxazole rings is 1. The van der Waals surface area contributed by atoms with Crippen LogP contribution in [0, 0.1) is 5.82 Å². The van der Waals surface area contributed by atoms with Gasteiger partial charge in [0.1, 0.15) is 11.5 Å². The van der Waals surface area contributed by atoms with Gasteiger partial charge in [-0.2, -0.15) is 0 Å². The van der Waals surface area contributed by atoms with Gasteiger partial charge in [0.05, 0.1) is 0 Å². The van der Waals surface area contributed by atoms with Crippen LogP contribution in [0.4, 0.5) is 4.39 Å². The van der Waals surface area contributed by atoms with Crippen LogP contribution in [0.5, 0.6) is 0 Å². The Morgan fingerprint density at radius 2 is 2.31 bits per heavy atom. The molecule has 0 aliphatic rings. The normalized spacial score (nSPS) is 10.6. The average Bonchev–Trinajstić information content (AvgIpc) is 2.74. The van der Waals surface area contributed by atoms with Crippen molar-refractivity contribution in [3.8, 4) is 11.3 Å². The quantitative estimate of drug-likeness (QED) is 0.860. The van der Waals surface area contributed by atoms with Crippen LogP contribution >= 0.6 is 0 Å². The zero-order valence-corrected chi connectivity index (χ0v) is 9.03. The van der Waals surface area contributed by atoms with Crippen molar-refractivity contribution >= 4 is 0 Å². The van der Waals surface area contributed by atoms with Gasteiger partial charge in [0.25, 0.3) is 0 Å². The minimum atomic E-state index is -0.275. The van der Waals surface area contributed by atoms with Gasteiger partial charge in [0.15, 0.2) is 12.2 Å². The SMILES string of the molecule is CCNCc1ncoc1-c1cccc(F)c1. The fraction of sp³-hybridized carbons (Fsp3) is 0.250. The first-order valence-electron chi connectivity index (χ1n) is 5.20. The number of aromatic nitrogens is 1. The molecule has 1 N–H and O–H groups in total. The second-order valence-corrected chi connectivity index (χ2v) is 3.42. The third kappa shape index (κ3) is 2.28. The van der Waals surface area contributed by atoms with Crippen LogP contribution in [0.1, 0.15) is 12.6 Å². The third-order valence-corrected chi connectivity index (χ3v) is 2.27. The minimum Gasteiger partial charge on any atom is -0.443 e. The van der Waals surface area contributed by atoms with E-state index in [0.29, 0.717) is 17.9 Å². The molecular weight excluding hydrogens is 207 g/mol. The second-order valence-electron chi connectivity index (χ2n) is 3.42. The molecule has 0 aliphatic carbocycles. The van der Waals surface area contributed by atoms with E-state index in [1.165, 1.54) is 18.5 Å². The molecule has 1 heterocycles. The van der Waals surface area contributed by atoms with Crippen molar-refractivity contribution in [2.45, 2.75) is 13.5 Å². The molecular formula is C12H13FN2O. The van der Waals surface area contributed by atoms with Gasteiger partial charge in [-0.3, -0.25) is 0 Å². The topological polar surface area (TPSA) is 38.1 Å². The first-order valence-corrected chi connectivity index (χ1v) is 5.20. The summed E-state index contributed by atoms with van der Waals surface area (Å²) < 4.78 is 18.4. The van der Waals surface area contributed by atoms with E-state index in [4.69, 9.17) is 4.42 Å². The molecule has 1 aromatic heterocycles. The molecule has 0 unspecified atom stereocenters. The zero-order chi connectivity index (χ0) is 11.4. The molecule has 0 atom stereocenters. The van der Waals surface area contributed by atoms with Crippen molar-refractivity contribution in [2.24, 2.45) is 0 Å². The maximum atomic E-state index is 13.1. The van der Waals surface area contributed by atoms with Crippen molar-refractivity contribution in [3.63, 3.8) is 0 Å². The van der Waals surface area contributed by atoms with Gasteiger partial charge in [-0.05, 0) is 18.7 Å². The molecule has 2 aromatic rings. The lowest BCUT2D eigenvalue weighted by atomic mass is 10.1. The van der Waals surface area contributed by atoms with Crippen molar-refractivity contribution in [3.05, 3.63) is 42.2 Å². The van der Waals surface area contributed by atoms with Crippen LogP contribution in [0.25, 0.3) is 11.3 Å². The van der Waals surface area contributed by atoms with E-state index in [9.17, 15) is 4.39 Å². The summed E-state index contributed by atoms with van der Waals surface area (Å²) in [6.45, 7) is 3.50. The first-order chi connectivity index (χ1) is 7.81. The van der Waals surface area contributed by atoms with Crippen LogP contribution in [0.15, 0.2) is 35.1 Å². The van der Waals surface area contributed by atoms with Gasteiger partial charge < -0.3 is 9.73 Å². The van der Waals surface area contributed by atoms with Crippen molar-refractivity contribution in [1.82, 2.24) is 10.3 Å². The molecule has 3 nitrogen and oxygen atoms in total. The van der Waals surface area contributed by atoms with E-state index in [0.717, 1.165) is 12.2 Å². The fourth-order valence-electron chi connectivity index (χ4n) is 1.50. The van der Waals surface area contributed by atoms with Gasteiger partial charge in [-0.15, -0.1) is 0 Å². The van der Waals surface area contributed by atoms with Gasteiger partial charge in [-0.25, -0.2) is 9.37 Å². The molecule has 0 amide bonds. The summed E-state index contributed by atoms with van der Waals surface area (Å²) >= 11 is 0. The number of nitrogens with one attached hydrogen (secondary N) is 1. The molecule has 1 aromatic carbocycles. The smallest absolute Gasteiger partial charge is 0.181 e. The van der Waals surface area contributed by atoms with E-state index in [-0.39, 0.29) is 5.82 Å². The lowest BCUT2D eigenvalue weighted by molar-refractivity contribution is 0.568. The molecule has 0 saturated heterocycles. The molecule has 4 heteroatoms. The highest BCUT2D eigenvalue weighted by Crippen LogP contribution is 2.23. The minimum absolute atomic E-state index is 0.275. The Hall–Kier alpha value is -1.68. The molecule has 16 heavy (non-hydrogen) atoms. The summed E-state index contributed by atoms with van der Waals surface area (Å²) in [5.74, 6) is 0.351. The van der Waals surface area contributed by atoms with Crippen LogP contribution in [-0.4, -0.2) is 11.5 Å². The highest BCUT2D eigenvalue weighted by Gasteiger charge is 2.10. The third-order valence-electron chi connectivity index (χ3n) is 2.27. The molecule has 0 spiro atoms. The maximum Gasteiger partial charge on any atom is 0.181 e. The Bertz CT molecular complexity index is 468. The van der Waals surface area contributed by atoms with Crippen molar-refractivity contribution in [1.29, 1.82) is 0 Å². The monoisotopic (exact) mass is 220 g/mol. The van der Waals surface area contributed by atoms with Crippen molar-refractivity contribution < 1.29 is 8.81 Å². The number of benzene rings is 1. The van der Waals surface area contributed by atoms with Gasteiger partial charge in [0, 0.05) is 12.1 Å². The Labute approximate surface area is 93.3 Å². The largest absolute Gasteiger partial charge is 0.443 e. The number of rotatable bonds is 4. The van der Waals surface area contributed by atoms with E-state index in [1.54, 1.807) is 12.1 Å². The molecule has 2 rings (SSSR count). The molecule has 84 valence electrons. The lowest BCUT2D eigenvalue weighted by Crippen LogP contribution is -2.12. The number of hydrogen-bond donors (Lipinski definition) is 1. The van der Waals surface area contributed by atoms with Gasteiger partial charge in [0.2, 0.25) is 0 Å². The summed E-state index contributed by atoms with van der Waals surface area (Å²) in [7, 11) is 0. The Kier molecular flexibility index (Phi) is 3.31. The fourth-order valence-corrected chi connectivity index (χ4v) is 1.50. The highest BCUT2D eigenvalue weighted by atomic mass is 19.1. The lowest BCUT2D eigenvalue weighted by Gasteiger charge is -2.01. The van der Waals surface area contributed by atoms with E-state index in [1.807, 2.05) is 6.92 Å². The summed E-state index contributed by atoms with van der Waals surface area (Å²) in [5, 5.41) is 3.16. The van der Waals surface area contributed by atoms with Gasteiger partial charge in [-0.1, -0.05) is 19.1 Å². The molecule has 0 radical (unpaired) electrons. The molecule has 0 fully saturated rings. The maximum absolute atomic E-state index is 13.1. The first kappa shape index (κ1) is 10.8. The summed E-state index contributed by atoms with van der Waals surface area (Å²) in [6, 6.07) is 6.31. The summed E-state index contributed by atoms with van der Waals surface area (Å²) in [6.07, 6.45) is 1.38. The Morgan fingerprint density at radius 3 is 3.06 bits per heavy atom. The molecule has 0 saturated carbocycles. The van der Waals surface area contributed by atoms with Crippen LogP contribution in [-0.2, 0) is 6.54 Å². The van der Waals surface area contributed by atoms with Crippen LogP contribution in [0.2, 0.25) is 0 Å². The second kappa shape index (κ2) is 4.90. The van der Waals surface area contributed by atoms with Crippen molar-refractivity contribution in [2.75, 3.05) is 6.54 Å². The van der Waals surface area contributed by atoms with E-state index >= 15 is 0 Å². The predicted molar refractivity (Wildman–Crippen MR) is 59.3 cm³/mol. The Balaban J connectivity index is 2.29. The molecule has 0 aliphatic heterocycles. The number of halogens is 1. The van der Waals surface area contributed by atoms with E-state index in [2.05, 4.69) is 10.3 Å². The van der Waals surface area contributed by atoms with E-state index < -0.39 is 0 Å². The molecule has 0 bridgehead atoms. The summed E-state index contributed by atoms with van der Waals surface area (Å²) in [4.78, 5) is 4.11. The standard InChI is InChI=1S/C12H13FN2O/c1-2-14-7-11-12(16-8-15-11)9-4-3-5-10(13)6-9/h3-6,8,14H,2,7H2,1H3. The summed E-state index contributed by atoms with van der Waals surface area (Å²) in [5.41, 5.74) is 1.51. The van der Waals surface area contributed by atoms with Gasteiger partial charge >= 0.3 is 0 Å². The average molecular weight is 220 g/mol. The van der Waals surface area contributed by atoms with Crippen LogP contribution < -0.4 is 5.32 Å². The predicted octanol–water partition coefficient (Wildman–Crippen LogP) is 2.59.